The lowest BCUT2D eigenvalue weighted by atomic mass is 10.1. The molecule has 1 heterocycles. The maximum Gasteiger partial charge on any atom is 0.272 e. The Labute approximate surface area is 111 Å². The first kappa shape index (κ1) is 13.2. The predicted molar refractivity (Wildman–Crippen MR) is 71.9 cm³/mol. The van der Waals surface area contributed by atoms with Gasteiger partial charge in [-0.15, -0.1) is 0 Å². The zero-order chi connectivity index (χ0) is 13.8. The molecule has 0 spiro atoms. The molecule has 0 bridgehead atoms. The molecule has 0 saturated carbocycles. The third-order valence-electron chi connectivity index (χ3n) is 3.07. The van der Waals surface area contributed by atoms with Gasteiger partial charge >= 0.3 is 0 Å². The Morgan fingerprint density at radius 1 is 1.47 bits per heavy atom. The molecule has 1 aromatic carbocycles. The van der Waals surface area contributed by atoms with E-state index in [0.29, 0.717) is 18.7 Å². The number of nitrogens with zero attached hydrogens (tertiary/aromatic N) is 3. The summed E-state index contributed by atoms with van der Waals surface area (Å²) in [5.41, 5.74) is 8.29. The van der Waals surface area contributed by atoms with Crippen LogP contribution in [0.5, 0.6) is 0 Å². The molecule has 0 aliphatic carbocycles. The Morgan fingerprint density at radius 2 is 2.26 bits per heavy atom. The lowest BCUT2D eigenvalue weighted by molar-refractivity contribution is -0.385. The highest BCUT2D eigenvalue weighted by molar-refractivity contribution is 5.44. The molecule has 0 amide bonds. The molecule has 2 rings (SSSR count). The average molecular weight is 260 g/mol. The Bertz CT molecular complexity index is 592. The quantitative estimate of drug-likeness (QED) is 0.654. The topological polar surface area (TPSA) is 87.0 Å². The number of rotatable bonds is 5. The minimum Gasteiger partial charge on any atom is -0.330 e. The lowest BCUT2D eigenvalue weighted by Crippen LogP contribution is -2.04. The van der Waals surface area contributed by atoms with Gasteiger partial charge in [0.15, 0.2) is 0 Å². The van der Waals surface area contributed by atoms with Crippen molar-refractivity contribution in [2.45, 2.75) is 19.9 Å². The van der Waals surface area contributed by atoms with Crippen molar-refractivity contribution >= 4 is 5.69 Å². The van der Waals surface area contributed by atoms with Gasteiger partial charge in [0.1, 0.15) is 0 Å². The van der Waals surface area contributed by atoms with Crippen molar-refractivity contribution < 1.29 is 4.92 Å². The van der Waals surface area contributed by atoms with E-state index in [0.717, 1.165) is 17.5 Å². The van der Waals surface area contributed by atoms with E-state index in [1.54, 1.807) is 23.9 Å². The molecule has 0 saturated heterocycles. The highest BCUT2D eigenvalue weighted by Crippen LogP contribution is 2.21. The van der Waals surface area contributed by atoms with E-state index < -0.39 is 0 Å². The van der Waals surface area contributed by atoms with Crippen molar-refractivity contribution in [2.75, 3.05) is 6.54 Å². The minimum absolute atomic E-state index is 0.145. The summed E-state index contributed by atoms with van der Waals surface area (Å²) < 4.78 is 1.77. The number of benzene rings is 1. The molecule has 0 radical (unpaired) electrons. The van der Waals surface area contributed by atoms with E-state index in [-0.39, 0.29) is 10.6 Å². The molecule has 0 aliphatic heterocycles. The molecule has 0 unspecified atom stereocenters. The monoisotopic (exact) mass is 260 g/mol. The van der Waals surface area contributed by atoms with Gasteiger partial charge in [-0.05, 0) is 31.0 Å². The summed E-state index contributed by atoms with van der Waals surface area (Å²) >= 11 is 0. The minimum atomic E-state index is -0.359. The van der Waals surface area contributed by atoms with E-state index in [2.05, 4.69) is 5.10 Å². The molecular weight excluding hydrogens is 244 g/mol. The second-order valence-electron chi connectivity index (χ2n) is 4.40. The number of hydrogen-bond donors (Lipinski definition) is 1. The standard InChI is InChI=1S/C13H16N4O2/c1-10-12(3-2-4-13(10)17(18)19)9-16-8-11(5-6-14)7-15-16/h2-4,7-8H,5-6,9,14H2,1H3. The molecule has 6 heteroatoms. The average Bonchev–Trinajstić information content (AvgIpc) is 2.79. The number of nitrogens with two attached hydrogens (primary N) is 1. The van der Waals surface area contributed by atoms with Crippen LogP contribution in [-0.2, 0) is 13.0 Å². The Hall–Kier alpha value is -2.21. The van der Waals surface area contributed by atoms with E-state index in [4.69, 9.17) is 5.73 Å². The van der Waals surface area contributed by atoms with Gasteiger partial charge in [-0.1, -0.05) is 12.1 Å². The summed E-state index contributed by atoms with van der Waals surface area (Å²) in [6, 6.07) is 5.10. The van der Waals surface area contributed by atoms with Crippen LogP contribution in [-0.4, -0.2) is 21.2 Å². The van der Waals surface area contributed by atoms with Crippen molar-refractivity contribution in [3.05, 3.63) is 57.4 Å². The van der Waals surface area contributed by atoms with Crippen LogP contribution in [0.2, 0.25) is 0 Å². The SMILES string of the molecule is Cc1c(Cn2cc(CCN)cn2)cccc1[N+](=O)[O-]. The summed E-state index contributed by atoms with van der Waals surface area (Å²) in [4.78, 5) is 10.5. The van der Waals surface area contributed by atoms with Crippen LogP contribution < -0.4 is 5.73 Å². The molecule has 2 N–H and O–H groups in total. The van der Waals surface area contributed by atoms with E-state index in [9.17, 15) is 10.1 Å². The summed E-state index contributed by atoms with van der Waals surface area (Å²) in [5, 5.41) is 15.1. The van der Waals surface area contributed by atoms with Crippen LogP contribution >= 0.6 is 0 Å². The third-order valence-corrected chi connectivity index (χ3v) is 3.07. The molecule has 0 aliphatic rings. The number of nitro benzene ring substituents is 1. The first-order valence-electron chi connectivity index (χ1n) is 6.06. The highest BCUT2D eigenvalue weighted by atomic mass is 16.6. The van der Waals surface area contributed by atoms with Gasteiger partial charge in [0.25, 0.3) is 5.69 Å². The summed E-state index contributed by atoms with van der Waals surface area (Å²) in [5.74, 6) is 0. The van der Waals surface area contributed by atoms with Crippen molar-refractivity contribution in [3.8, 4) is 0 Å². The first-order valence-corrected chi connectivity index (χ1v) is 6.06. The normalized spacial score (nSPS) is 10.6. The van der Waals surface area contributed by atoms with Crippen molar-refractivity contribution in [1.29, 1.82) is 0 Å². The fraction of sp³-hybridized carbons (Fsp3) is 0.308. The zero-order valence-electron chi connectivity index (χ0n) is 10.7. The van der Waals surface area contributed by atoms with Crippen molar-refractivity contribution in [3.63, 3.8) is 0 Å². The second kappa shape index (κ2) is 5.62. The lowest BCUT2D eigenvalue weighted by Gasteiger charge is -2.06. The van der Waals surface area contributed by atoms with Gasteiger partial charge in [-0.3, -0.25) is 14.8 Å². The largest absolute Gasteiger partial charge is 0.330 e. The first-order chi connectivity index (χ1) is 9.11. The maximum absolute atomic E-state index is 10.9. The van der Waals surface area contributed by atoms with Crippen molar-refractivity contribution in [1.82, 2.24) is 9.78 Å². The summed E-state index contributed by atoms with van der Waals surface area (Å²) in [7, 11) is 0. The molecule has 1 aromatic heterocycles. The van der Waals surface area contributed by atoms with Crippen LogP contribution in [0.4, 0.5) is 5.69 Å². The summed E-state index contributed by atoms with van der Waals surface area (Å²) in [6.45, 7) is 2.87. The number of hydrogen-bond acceptors (Lipinski definition) is 4. The van der Waals surface area contributed by atoms with Gasteiger partial charge in [0.2, 0.25) is 0 Å². The van der Waals surface area contributed by atoms with Crippen LogP contribution in [0, 0.1) is 17.0 Å². The van der Waals surface area contributed by atoms with Gasteiger partial charge in [0.05, 0.1) is 17.7 Å². The van der Waals surface area contributed by atoms with Crippen LogP contribution in [0.3, 0.4) is 0 Å². The molecule has 100 valence electrons. The Balaban J connectivity index is 2.23. The van der Waals surface area contributed by atoms with E-state index >= 15 is 0 Å². The highest BCUT2D eigenvalue weighted by Gasteiger charge is 2.13. The van der Waals surface area contributed by atoms with Crippen LogP contribution in [0.1, 0.15) is 16.7 Å². The zero-order valence-corrected chi connectivity index (χ0v) is 10.7. The van der Waals surface area contributed by atoms with Crippen molar-refractivity contribution in [2.24, 2.45) is 5.73 Å². The second-order valence-corrected chi connectivity index (χ2v) is 4.40. The van der Waals surface area contributed by atoms with E-state index in [1.807, 2.05) is 12.3 Å². The summed E-state index contributed by atoms with van der Waals surface area (Å²) in [6.07, 6.45) is 4.48. The van der Waals surface area contributed by atoms with Gasteiger partial charge in [0, 0.05) is 17.8 Å². The third kappa shape index (κ3) is 2.97. The number of nitro groups is 1. The molecular formula is C13H16N4O2. The fourth-order valence-electron chi connectivity index (χ4n) is 2.00. The number of aromatic nitrogens is 2. The smallest absolute Gasteiger partial charge is 0.272 e. The molecule has 0 fully saturated rings. The van der Waals surface area contributed by atoms with Gasteiger partial charge < -0.3 is 5.73 Å². The fourth-order valence-corrected chi connectivity index (χ4v) is 2.00. The predicted octanol–water partition coefficient (Wildman–Crippen LogP) is 1.65. The van der Waals surface area contributed by atoms with Gasteiger partial charge in [-0.25, -0.2) is 0 Å². The molecule has 2 aromatic rings. The van der Waals surface area contributed by atoms with E-state index in [1.165, 1.54) is 6.07 Å². The van der Waals surface area contributed by atoms with Crippen LogP contribution in [0.15, 0.2) is 30.6 Å². The molecule has 6 nitrogen and oxygen atoms in total. The Kier molecular flexibility index (Phi) is 3.91. The molecule has 0 atom stereocenters. The maximum atomic E-state index is 10.9. The molecule has 19 heavy (non-hydrogen) atoms. The van der Waals surface area contributed by atoms with Gasteiger partial charge in [-0.2, -0.15) is 5.10 Å². The van der Waals surface area contributed by atoms with Crippen LogP contribution in [0.25, 0.3) is 0 Å². The Morgan fingerprint density at radius 3 is 2.95 bits per heavy atom.